The number of likely N-dealkylation sites (N-methyl/N-ethyl adjacent to an activating group) is 1. The van der Waals surface area contributed by atoms with Crippen LogP contribution in [-0.4, -0.2) is 75.5 Å². The van der Waals surface area contributed by atoms with Crippen molar-refractivity contribution in [2.24, 2.45) is 0 Å². The van der Waals surface area contributed by atoms with Crippen LogP contribution in [0.15, 0.2) is 36.5 Å². The largest absolute Gasteiger partial charge is 0.544 e. The van der Waals surface area contributed by atoms with E-state index in [9.17, 15) is 19.5 Å². The maximum atomic E-state index is 12.6. The van der Waals surface area contributed by atoms with Crippen molar-refractivity contribution in [1.29, 1.82) is 0 Å². The fourth-order valence-corrected chi connectivity index (χ4v) is 5.41. The lowest BCUT2D eigenvalue weighted by molar-refractivity contribution is -0.889. The molecule has 0 aliphatic carbocycles. The molecular formula is C41H73NO7. The molecule has 2 unspecified atom stereocenters. The third-order valence-electron chi connectivity index (χ3n) is 8.51. The first-order valence-corrected chi connectivity index (χ1v) is 19.5. The molecule has 0 aliphatic rings. The predicted octanol–water partition coefficient (Wildman–Crippen LogP) is 8.57. The Morgan fingerprint density at radius 1 is 0.612 bits per heavy atom. The smallest absolute Gasteiger partial charge is 0.306 e. The van der Waals surface area contributed by atoms with E-state index in [4.69, 9.17) is 14.2 Å². The molecule has 0 rings (SSSR count). The van der Waals surface area contributed by atoms with Crippen molar-refractivity contribution in [1.82, 2.24) is 0 Å². The van der Waals surface area contributed by atoms with Gasteiger partial charge < -0.3 is 28.6 Å². The van der Waals surface area contributed by atoms with E-state index in [2.05, 4.69) is 44.2 Å². The molecule has 2 atom stereocenters. The van der Waals surface area contributed by atoms with E-state index in [1.165, 1.54) is 70.6 Å². The number of carboxylic acid groups (broad SMARTS) is 1. The Morgan fingerprint density at radius 3 is 1.71 bits per heavy atom. The fraction of sp³-hybridized carbons (Fsp3) is 0.780. The molecule has 0 fully saturated rings. The lowest BCUT2D eigenvalue weighted by Crippen LogP contribution is -2.55. The highest BCUT2D eigenvalue weighted by atomic mass is 16.6. The van der Waals surface area contributed by atoms with Crippen molar-refractivity contribution in [3.05, 3.63) is 36.5 Å². The number of allylic oxidation sites excluding steroid dienone is 6. The zero-order valence-corrected chi connectivity index (χ0v) is 32.1. The van der Waals surface area contributed by atoms with Gasteiger partial charge in [0.2, 0.25) is 0 Å². The Kier molecular flexibility index (Phi) is 31.1. The van der Waals surface area contributed by atoms with Crippen LogP contribution in [0.4, 0.5) is 0 Å². The second-order valence-electron chi connectivity index (χ2n) is 14.2. The summed E-state index contributed by atoms with van der Waals surface area (Å²) in [6, 6.07) is -0.733. The molecule has 0 saturated carbocycles. The van der Waals surface area contributed by atoms with Gasteiger partial charge >= 0.3 is 11.9 Å². The average Bonchev–Trinajstić information content (AvgIpc) is 3.05. The average molecular weight is 692 g/mol. The van der Waals surface area contributed by atoms with Crippen LogP contribution in [0.5, 0.6) is 0 Å². The van der Waals surface area contributed by atoms with Gasteiger partial charge in [-0.15, -0.1) is 0 Å². The topological polar surface area (TPSA) is 102 Å². The van der Waals surface area contributed by atoms with Gasteiger partial charge in [-0.3, -0.25) is 9.59 Å². The number of aliphatic carboxylic acids is 1. The minimum absolute atomic E-state index is 0.0161. The standard InChI is InChI=1S/C41H73NO7/c1-6-8-10-12-14-16-18-20-22-24-26-28-30-32-40(44)49-37(35-47-34-33-38(41(45)46)42(3,4)5)36-48-39(43)31-29-27-25-23-21-19-17-15-13-11-9-7-2/h15,17,20,22,26,28,37-38H,6-14,16,18-19,21,23-25,27,29-36H2,1-5H3/b17-15+,22-20+,28-26+. The SMILES string of the molecule is CCCCC/C=C/CCCCCCCC(=O)OCC(COCCC(C(=O)[O-])[N+](C)(C)C)OC(=O)CC/C=C/C/C=C/CCCCCCCC. The molecule has 8 heteroatoms. The maximum absolute atomic E-state index is 12.6. The van der Waals surface area contributed by atoms with Crippen LogP contribution in [0, 0.1) is 0 Å². The Labute approximate surface area is 300 Å². The first kappa shape index (κ1) is 46.5. The number of quaternary nitrogens is 1. The third-order valence-corrected chi connectivity index (χ3v) is 8.51. The number of carboxylic acids is 1. The monoisotopic (exact) mass is 692 g/mol. The van der Waals surface area contributed by atoms with Crippen molar-refractivity contribution >= 4 is 17.9 Å². The zero-order chi connectivity index (χ0) is 36.4. The number of hydrogen-bond acceptors (Lipinski definition) is 7. The van der Waals surface area contributed by atoms with E-state index in [1.54, 1.807) is 21.1 Å². The lowest BCUT2D eigenvalue weighted by atomic mass is 10.1. The van der Waals surface area contributed by atoms with Crippen molar-refractivity contribution in [2.45, 2.75) is 167 Å². The second-order valence-corrected chi connectivity index (χ2v) is 14.2. The molecule has 49 heavy (non-hydrogen) atoms. The van der Waals surface area contributed by atoms with Crippen LogP contribution in [0.3, 0.4) is 0 Å². The van der Waals surface area contributed by atoms with Crippen LogP contribution in [0.25, 0.3) is 0 Å². The van der Waals surface area contributed by atoms with Crippen LogP contribution >= 0.6 is 0 Å². The molecular weight excluding hydrogens is 618 g/mol. The highest BCUT2D eigenvalue weighted by Gasteiger charge is 2.25. The van der Waals surface area contributed by atoms with Gasteiger partial charge in [-0.25, -0.2) is 0 Å². The Balaban J connectivity index is 4.52. The van der Waals surface area contributed by atoms with Crippen LogP contribution in [0.2, 0.25) is 0 Å². The minimum Gasteiger partial charge on any atom is -0.544 e. The van der Waals surface area contributed by atoms with E-state index >= 15 is 0 Å². The summed E-state index contributed by atoms with van der Waals surface area (Å²) in [7, 11) is 5.37. The van der Waals surface area contributed by atoms with E-state index in [0.29, 0.717) is 12.8 Å². The predicted molar refractivity (Wildman–Crippen MR) is 199 cm³/mol. The van der Waals surface area contributed by atoms with Gasteiger partial charge in [0.1, 0.15) is 12.6 Å². The summed E-state index contributed by atoms with van der Waals surface area (Å²) < 4.78 is 17.0. The normalized spacial score (nSPS) is 13.4. The number of carbonyl (C=O) groups is 3. The summed E-state index contributed by atoms with van der Waals surface area (Å²) in [6.07, 6.45) is 34.7. The molecule has 0 amide bonds. The summed E-state index contributed by atoms with van der Waals surface area (Å²) >= 11 is 0. The van der Waals surface area contributed by atoms with Crippen molar-refractivity contribution in [3.8, 4) is 0 Å². The lowest BCUT2D eigenvalue weighted by Gasteiger charge is -2.34. The quantitative estimate of drug-likeness (QED) is 0.0288. The van der Waals surface area contributed by atoms with E-state index in [1.807, 2.05) is 6.08 Å². The number of hydrogen-bond donors (Lipinski definition) is 0. The van der Waals surface area contributed by atoms with Crippen molar-refractivity contribution < 1.29 is 38.2 Å². The number of nitrogens with zero attached hydrogens (tertiary/aromatic N) is 1. The van der Waals surface area contributed by atoms with E-state index < -0.39 is 18.1 Å². The van der Waals surface area contributed by atoms with Gasteiger partial charge in [0, 0.05) is 19.3 Å². The van der Waals surface area contributed by atoms with Gasteiger partial charge in [-0.1, -0.05) is 115 Å². The maximum Gasteiger partial charge on any atom is 0.306 e. The molecule has 0 N–H and O–H groups in total. The van der Waals surface area contributed by atoms with Gasteiger partial charge in [0.05, 0.1) is 40.3 Å². The fourth-order valence-electron chi connectivity index (χ4n) is 5.41. The highest BCUT2D eigenvalue weighted by Crippen LogP contribution is 2.12. The molecule has 0 saturated heterocycles. The molecule has 0 aliphatic heterocycles. The molecule has 0 spiro atoms. The Bertz CT molecular complexity index is 906. The summed E-state index contributed by atoms with van der Waals surface area (Å²) in [6.45, 7) is 4.54. The van der Waals surface area contributed by atoms with Gasteiger partial charge in [-0.2, -0.15) is 0 Å². The number of unbranched alkanes of at least 4 members (excludes halogenated alkanes) is 14. The van der Waals surface area contributed by atoms with Crippen LogP contribution in [-0.2, 0) is 28.6 Å². The number of esters is 2. The summed E-state index contributed by atoms with van der Waals surface area (Å²) in [5.74, 6) is -1.84. The minimum atomic E-state index is -1.14. The molecule has 0 radical (unpaired) electrons. The number of carbonyl (C=O) groups excluding carboxylic acids is 3. The van der Waals surface area contributed by atoms with Crippen LogP contribution < -0.4 is 5.11 Å². The number of rotatable bonds is 34. The molecule has 284 valence electrons. The summed E-state index contributed by atoms with van der Waals surface area (Å²) in [5, 5.41) is 11.6. The highest BCUT2D eigenvalue weighted by molar-refractivity contribution is 5.70. The van der Waals surface area contributed by atoms with Crippen molar-refractivity contribution in [2.75, 3.05) is 41.0 Å². The summed E-state index contributed by atoms with van der Waals surface area (Å²) in [4.78, 5) is 36.6. The number of ether oxygens (including phenoxy) is 3. The second kappa shape index (κ2) is 32.7. The Hall–Kier alpha value is -2.45. The van der Waals surface area contributed by atoms with Gasteiger partial charge in [0.25, 0.3) is 0 Å². The van der Waals surface area contributed by atoms with E-state index in [0.717, 1.165) is 44.9 Å². The Morgan fingerprint density at radius 2 is 1.12 bits per heavy atom. The van der Waals surface area contributed by atoms with Gasteiger partial charge in [0.15, 0.2) is 6.10 Å². The molecule has 8 nitrogen and oxygen atoms in total. The van der Waals surface area contributed by atoms with Crippen molar-refractivity contribution in [3.63, 3.8) is 0 Å². The zero-order valence-electron chi connectivity index (χ0n) is 32.1. The van der Waals surface area contributed by atoms with Gasteiger partial charge in [-0.05, 0) is 57.8 Å². The van der Waals surface area contributed by atoms with E-state index in [-0.39, 0.29) is 49.1 Å². The van der Waals surface area contributed by atoms with Crippen LogP contribution in [0.1, 0.15) is 155 Å². The molecule has 0 aromatic carbocycles. The molecule has 0 aromatic heterocycles. The first-order chi connectivity index (χ1) is 23.6. The summed E-state index contributed by atoms with van der Waals surface area (Å²) in [5.41, 5.74) is 0. The molecule has 0 aromatic rings. The molecule has 0 heterocycles. The molecule has 0 bridgehead atoms. The first-order valence-electron chi connectivity index (χ1n) is 19.5. The third kappa shape index (κ3) is 31.3.